The van der Waals surface area contributed by atoms with Gasteiger partial charge in [0.1, 0.15) is 6.54 Å². The molecule has 0 N–H and O–H groups in total. The minimum absolute atomic E-state index is 0.141. The van der Waals surface area contributed by atoms with E-state index in [1.54, 1.807) is 34.7 Å². The Morgan fingerprint density at radius 2 is 1.81 bits per heavy atom. The Hall–Kier alpha value is -2.91. The van der Waals surface area contributed by atoms with Crippen LogP contribution < -0.4 is 9.21 Å². The largest absolute Gasteiger partial charge is 0.368 e. The number of aryl methyl sites for hydroxylation is 1. The highest BCUT2D eigenvalue weighted by Gasteiger charge is 2.31. The van der Waals surface area contributed by atoms with Crippen LogP contribution in [0, 0.1) is 6.92 Å². The van der Waals surface area contributed by atoms with Crippen molar-refractivity contribution in [3.8, 4) is 0 Å². The van der Waals surface area contributed by atoms with Crippen LogP contribution in [0.4, 0.5) is 10.8 Å². The third-order valence-electron chi connectivity index (χ3n) is 5.24. The van der Waals surface area contributed by atoms with Crippen LogP contribution in [-0.2, 0) is 14.8 Å². The van der Waals surface area contributed by atoms with Crippen molar-refractivity contribution in [2.75, 3.05) is 41.9 Å². The van der Waals surface area contributed by atoms with Gasteiger partial charge < -0.3 is 9.80 Å². The smallest absolute Gasteiger partial charge is 0.266 e. The van der Waals surface area contributed by atoms with Crippen molar-refractivity contribution < 1.29 is 13.2 Å². The van der Waals surface area contributed by atoms with Gasteiger partial charge in [-0.2, -0.15) is 0 Å². The first kappa shape index (κ1) is 21.3. The van der Waals surface area contributed by atoms with Gasteiger partial charge in [0, 0.05) is 43.4 Å². The lowest BCUT2D eigenvalue weighted by Gasteiger charge is -2.37. The molecular weight excluding hydrogens is 432 g/mol. The highest BCUT2D eigenvalue weighted by molar-refractivity contribution is 7.93. The van der Waals surface area contributed by atoms with Gasteiger partial charge in [0.2, 0.25) is 5.91 Å². The molecule has 1 saturated heterocycles. The zero-order valence-electron chi connectivity index (χ0n) is 17.2. The molecule has 0 aliphatic carbocycles. The molecule has 2 heterocycles. The second kappa shape index (κ2) is 9.07. The molecule has 2 aromatic carbocycles. The van der Waals surface area contributed by atoms with Crippen LogP contribution in [0.1, 0.15) is 5.56 Å². The summed E-state index contributed by atoms with van der Waals surface area (Å²) in [4.78, 5) is 21.3. The summed E-state index contributed by atoms with van der Waals surface area (Å²) in [5.41, 5.74) is 2.34. The third kappa shape index (κ3) is 4.72. The fraction of sp³-hybridized carbons (Fsp3) is 0.273. The molecule has 0 radical (unpaired) electrons. The van der Waals surface area contributed by atoms with Gasteiger partial charge >= 0.3 is 0 Å². The highest BCUT2D eigenvalue weighted by Crippen LogP contribution is 2.26. The van der Waals surface area contributed by atoms with E-state index in [0.717, 1.165) is 9.99 Å². The molecule has 0 bridgehead atoms. The maximum absolute atomic E-state index is 13.2. The molecule has 0 unspecified atom stereocenters. The van der Waals surface area contributed by atoms with Crippen LogP contribution >= 0.6 is 11.3 Å². The number of piperazine rings is 1. The summed E-state index contributed by atoms with van der Waals surface area (Å²) in [6, 6.07) is 16.4. The second-order valence-electron chi connectivity index (χ2n) is 7.35. The lowest BCUT2D eigenvalue weighted by molar-refractivity contribution is -0.129. The summed E-state index contributed by atoms with van der Waals surface area (Å²) in [5, 5.41) is 1.99. The number of carbonyl (C=O) groups is 1. The Bertz CT molecular complexity index is 1130. The number of sulfonamides is 1. The summed E-state index contributed by atoms with van der Waals surface area (Å²) in [7, 11) is -3.89. The average Bonchev–Trinajstić information content (AvgIpc) is 3.32. The fourth-order valence-corrected chi connectivity index (χ4v) is 5.84. The monoisotopic (exact) mass is 456 g/mol. The van der Waals surface area contributed by atoms with E-state index >= 15 is 0 Å². The molecule has 9 heteroatoms. The van der Waals surface area contributed by atoms with Gasteiger partial charge in [-0.05, 0) is 36.8 Å². The number of rotatable bonds is 6. The minimum atomic E-state index is -3.89. The first-order valence-corrected chi connectivity index (χ1v) is 12.3. The summed E-state index contributed by atoms with van der Waals surface area (Å²) < 4.78 is 27.6. The second-order valence-corrected chi connectivity index (χ2v) is 10.1. The van der Waals surface area contributed by atoms with Gasteiger partial charge in [0.25, 0.3) is 10.0 Å². The standard InChI is InChI=1S/C22H24N4O3S2/c1-18-6-5-7-19(16-18)24-11-13-25(14-12-24)21(27)17-26(22-23-10-15-30-22)31(28,29)20-8-3-2-4-9-20/h2-10,15-16H,11-14,17H2,1H3. The molecular formula is C22H24N4O3S2. The Morgan fingerprint density at radius 1 is 1.06 bits per heavy atom. The summed E-state index contributed by atoms with van der Waals surface area (Å²) in [6.07, 6.45) is 1.54. The number of thiazole rings is 1. The number of amides is 1. The lowest BCUT2D eigenvalue weighted by Crippen LogP contribution is -2.52. The maximum Gasteiger partial charge on any atom is 0.266 e. The van der Waals surface area contributed by atoms with Crippen molar-refractivity contribution in [2.45, 2.75) is 11.8 Å². The molecule has 31 heavy (non-hydrogen) atoms. The van der Waals surface area contributed by atoms with E-state index in [2.05, 4.69) is 35.0 Å². The van der Waals surface area contributed by atoms with Crippen LogP contribution in [0.25, 0.3) is 0 Å². The molecule has 0 saturated carbocycles. The third-order valence-corrected chi connectivity index (χ3v) is 7.90. The lowest BCUT2D eigenvalue weighted by atomic mass is 10.2. The zero-order valence-corrected chi connectivity index (χ0v) is 18.8. The summed E-state index contributed by atoms with van der Waals surface area (Å²) in [5.74, 6) is -0.224. The van der Waals surface area contributed by atoms with Gasteiger partial charge in [-0.15, -0.1) is 11.3 Å². The van der Waals surface area contributed by atoms with E-state index in [1.807, 2.05) is 6.07 Å². The molecule has 0 atom stereocenters. The molecule has 1 aliphatic heterocycles. The van der Waals surface area contributed by atoms with Crippen molar-refractivity contribution >= 4 is 38.1 Å². The number of nitrogens with zero attached hydrogens (tertiary/aromatic N) is 4. The quantitative estimate of drug-likeness (QED) is 0.570. The van der Waals surface area contributed by atoms with Crippen LogP contribution in [0.15, 0.2) is 71.1 Å². The Balaban J connectivity index is 1.48. The van der Waals surface area contributed by atoms with E-state index in [1.165, 1.54) is 29.0 Å². The van der Waals surface area contributed by atoms with E-state index in [-0.39, 0.29) is 22.5 Å². The highest BCUT2D eigenvalue weighted by atomic mass is 32.2. The number of hydrogen-bond donors (Lipinski definition) is 0. The molecule has 0 spiro atoms. The van der Waals surface area contributed by atoms with Crippen LogP contribution in [0.5, 0.6) is 0 Å². The van der Waals surface area contributed by atoms with Crippen LogP contribution in [-0.4, -0.2) is 56.9 Å². The zero-order chi connectivity index (χ0) is 21.8. The van der Waals surface area contributed by atoms with E-state index in [0.29, 0.717) is 26.2 Å². The molecule has 1 aromatic heterocycles. The minimum Gasteiger partial charge on any atom is -0.368 e. The normalized spacial score (nSPS) is 14.5. The van der Waals surface area contributed by atoms with E-state index in [9.17, 15) is 13.2 Å². The van der Waals surface area contributed by atoms with Gasteiger partial charge in [-0.3, -0.25) is 4.79 Å². The summed E-state index contributed by atoms with van der Waals surface area (Å²) >= 11 is 1.20. The van der Waals surface area contributed by atoms with E-state index < -0.39 is 10.0 Å². The molecule has 162 valence electrons. The SMILES string of the molecule is Cc1cccc(N2CCN(C(=O)CN(c3nccs3)S(=O)(=O)c3ccccc3)CC2)c1. The molecule has 4 rings (SSSR count). The van der Waals surface area contributed by atoms with Gasteiger partial charge in [0.05, 0.1) is 4.90 Å². The molecule has 1 aliphatic rings. The first-order valence-electron chi connectivity index (χ1n) is 10.0. The number of anilines is 2. The topological polar surface area (TPSA) is 73.8 Å². The van der Waals surface area contributed by atoms with Gasteiger partial charge in [0.15, 0.2) is 5.13 Å². The number of aromatic nitrogens is 1. The Labute approximate surface area is 186 Å². The van der Waals surface area contributed by atoms with Gasteiger partial charge in [-0.1, -0.05) is 30.3 Å². The predicted molar refractivity (Wildman–Crippen MR) is 123 cm³/mol. The van der Waals surface area contributed by atoms with Gasteiger partial charge in [-0.25, -0.2) is 17.7 Å². The van der Waals surface area contributed by atoms with Crippen molar-refractivity contribution in [3.63, 3.8) is 0 Å². The number of benzene rings is 2. The number of hydrogen-bond acceptors (Lipinski definition) is 6. The Morgan fingerprint density at radius 3 is 2.45 bits per heavy atom. The van der Waals surface area contributed by atoms with Crippen LogP contribution in [0.2, 0.25) is 0 Å². The maximum atomic E-state index is 13.2. The molecule has 1 amide bonds. The summed E-state index contributed by atoms with van der Waals surface area (Å²) in [6.45, 7) is 4.29. The predicted octanol–water partition coefficient (Wildman–Crippen LogP) is 3.00. The van der Waals surface area contributed by atoms with Crippen LogP contribution in [0.3, 0.4) is 0 Å². The Kier molecular flexibility index (Phi) is 6.24. The van der Waals surface area contributed by atoms with Crippen molar-refractivity contribution in [2.24, 2.45) is 0 Å². The van der Waals surface area contributed by atoms with Crippen molar-refractivity contribution in [1.82, 2.24) is 9.88 Å². The number of carbonyl (C=O) groups excluding carboxylic acids is 1. The molecule has 3 aromatic rings. The average molecular weight is 457 g/mol. The van der Waals surface area contributed by atoms with Crippen molar-refractivity contribution in [1.29, 1.82) is 0 Å². The molecule has 7 nitrogen and oxygen atoms in total. The van der Waals surface area contributed by atoms with E-state index in [4.69, 9.17) is 0 Å². The van der Waals surface area contributed by atoms with Crippen molar-refractivity contribution in [3.05, 3.63) is 71.7 Å². The molecule has 1 fully saturated rings. The first-order chi connectivity index (χ1) is 14.9. The fourth-order valence-electron chi connectivity index (χ4n) is 3.58.